The molecule has 4 heteroatoms. The summed E-state index contributed by atoms with van der Waals surface area (Å²) in [6, 6.07) is 5.63. The summed E-state index contributed by atoms with van der Waals surface area (Å²) < 4.78 is 57.1. The zero-order chi connectivity index (χ0) is 19.1. The fourth-order valence-electron chi connectivity index (χ4n) is 4.85. The van der Waals surface area contributed by atoms with E-state index >= 15 is 0 Å². The summed E-state index contributed by atoms with van der Waals surface area (Å²) >= 11 is 0. The first kappa shape index (κ1) is 18.5. The molecule has 0 N–H and O–H groups in total. The Labute approximate surface area is 157 Å². The summed E-state index contributed by atoms with van der Waals surface area (Å²) in [4.78, 5) is 0. The average molecular weight is 376 g/mol. The zero-order valence-electron chi connectivity index (χ0n) is 15.5. The highest BCUT2D eigenvalue weighted by molar-refractivity contribution is 5.38. The molecule has 0 radical (unpaired) electrons. The number of halogens is 4. The Hall–Kier alpha value is -1.84. The van der Waals surface area contributed by atoms with Crippen molar-refractivity contribution < 1.29 is 17.6 Å². The first-order valence-electron chi connectivity index (χ1n) is 9.88. The minimum atomic E-state index is -0.865. The molecule has 0 spiro atoms. The average Bonchev–Trinajstić information content (AvgIpc) is 2.65. The Morgan fingerprint density at radius 1 is 0.778 bits per heavy atom. The van der Waals surface area contributed by atoms with Gasteiger partial charge < -0.3 is 0 Å². The molecule has 1 atom stereocenters. The molecule has 0 heterocycles. The second kappa shape index (κ2) is 7.29. The van der Waals surface area contributed by atoms with Gasteiger partial charge in [-0.2, -0.15) is 0 Å². The molecule has 144 valence electrons. The number of benzene rings is 2. The van der Waals surface area contributed by atoms with Gasteiger partial charge in [0.05, 0.1) is 0 Å². The maximum atomic E-state index is 14.9. The van der Waals surface area contributed by atoms with Gasteiger partial charge in [-0.1, -0.05) is 25.8 Å². The smallest absolute Gasteiger partial charge is 0.162 e. The molecule has 0 amide bonds. The quantitative estimate of drug-likeness (QED) is 0.505. The van der Waals surface area contributed by atoms with Crippen LogP contribution in [-0.2, 0) is 12.8 Å². The van der Waals surface area contributed by atoms with Crippen LogP contribution in [0, 0.1) is 29.2 Å². The van der Waals surface area contributed by atoms with E-state index in [-0.39, 0.29) is 17.4 Å². The number of hydrogen-bond acceptors (Lipinski definition) is 0. The summed E-state index contributed by atoms with van der Waals surface area (Å²) in [5.41, 5.74) is 1.84. The van der Waals surface area contributed by atoms with Gasteiger partial charge in [-0.3, -0.25) is 0 Å². The first-order chi connectivity index (χ1) is 12.9. The summed E-state index contributed by atoms with van der Waals surface area (Å²) in [5.74, 6) is -2.13. The maximum Gasteiger partial charge on any atom is 0.162 e. The van der Waals surface area contributed by atoms with Gasteiger partial charge in [-0.05, 0) is 84.7 Å². The molecule has 0 aromatic heterocycles. The van der Waals surface area contributed by atoms with Crippen LogP contribution in [0.4, 0.5) is 17.6 Å². The molecule has 1 saturated carbocycles. The lowest BCUT2D eigenvalue weighted by Crippen LogP contribution is -2.18. The summed E-state index contributed by atoms with van der Waals surface area (Å²) in [6.07, 6.45) is 5.18. The van der Waals surface area contributed by atoms with E-state index in [0.717, 1.165) is 37.3 Å². The number of rotatable bonds is 2. The summed E-state index contributed by atoms with van der Waals surface area (Å²) in [5, 5.41) is 0. The largest absolute Gasteiger partial charge is 0.207 e. The molecule has 1 fully saturated rings. The van der Waals surface area contributed by atoms with E-state index < -0.39 is 23.3 Å². The van der Waals surface area contributed by atoms with Crippen LogP contribution in [0.25, 0.3) is 0 Å². The van der Waals surface area contributed by atoms with Crippen LogP contribution in [-0.4, -0.2) is 0 Å². The van der Waals surface area contributed by atoms with Gasteiger partial charge in [-0.15, -0.1) is 0 Å². The molecule has 0 aliphatic heterocycles. The van der Waals surface area contributed by atoms with Crippen molar-refractivity contribution in [3.63, 3.8) is 0 Å². The minimum absolute atomic E-state index is 0.0957. The van der Waals surface area contributed by atoms with Crippen molar-refractivity contribution in [2.24, 2.45) is 5.92 Å². The predicted octanol–water partition coefficient (Wildman–Crippen LogP) is 6.81. The lowest BCUT2D eigenvalue weighted by atomic mass is 9.77. The Balaban J connectivity index is 1.60. The lowest BCUT2D eigenvalue weighted by Gasteiger charge is -2.29. The van der Waals surface area contributed by atoms with Gasteiger partial charge in [0.2, 0.25) is 0 Å². The Kier molecular flexibility index (Phi) is 5.00. The normalized spacial score (nSPS) is 25.3. The van der Waals surface area contributed by atoms with Crippen molar-refractivity contribution in [1.82, 2.24) is 0 Å². The predicted molar refractivity (Wildman–Crippen MR) is 97.9 cm³/mol. The van der Waals surface area contributed by atoms with Crippen LogP contribution in [0.3, 0.4) is 0 Å². The van der Waals surface area contributed by atoms with Crippen molar-refractivity contribution in [2.75, 3.05) is 0 Å². The molecule has 4 rings (SSSR count). The molecule has 0 saturated heterocycles. The van der Waals surface area contributed by atoms with Gasteiger partial charge >= 0.3 is 0 Å². The van der Waals surface area contributed by atoms with Crippen LogP contribution in [0.2, 0.25) is 0 Å². The van der Waals surface area contributed by atoms with Gasteiger partial charge in [-0.25, -0.2) is 17.6 Å². The fraction of sp³-hybridized carbons (Fsp3) is 0.478. The third-order valence-corrected chi connectivity index (χ3v) is 6.50. The molecule has 1 unspecified atom stereocenters. The Morgan fingerprint density at radius 3 is 2.11 bits per heavy atom. The molecular formula is C23H24F4. The minimum Gasteiger partial charge on any atom is -0.207 e. The van der Waals surface area contributed by atoms with Crippen molar-refractivity contribution in [1.29, 1.82) is 0 Å². The molecule has 0 nitrogen and oxygen atoms in total. The molecule has 2 aromatic carbocycles. The van der Waals surface area contributed by atoms with Gasteiger partial charge in [0.1, 0.15) is 11.6 Å². The topological polar surface area (TPSA) is 0 Å². The molecular weight excluding hydrogens is 352 g/mol. The summed E-state index contributed by atoms with van der Waals surface area (Å²) in [7, 11) is 0. The lowest BCUT2D eigenvalue weighted by molar-refractivity contribution is 0.346. The van der Waals surface area contributed by atoms with Crippen LogP contribution >= 0.6 is 0 Å². The third-order valence-electron chi connectivity index (χ3n) is 6.50. The second-order valence-corrected chi connectivity index (χ2v) is 8.29. The van der Waals surface area contributed by atoms with E-state index in [9.17, 15) is 17.6 Å². The highest BCUT2D eigenvalue weighted by Crippen LogP contribution is 2.40. The molecule has 0 bridgehead atoms. The Bertz CT molecular complexity index is 827. The van der Waals surface area contributed by atoms with E-state index in [2.05, 4.69) is 6.92 Å². The number of fused-ring (bicyclic) bond motifs is 1. The van der Waals surface area contributed by atoms with Crippen molar-refractivity contribution in [3.8, 4) is 0 Å². The highest BCUT2D eigenvalue weighted by Gasteiger charge is 2.29. The van der Waals surface area contributed by atoms with E-state index in [0.29, 0.717) is 36.3 Å². The van der Waals surface area contributed by atoms with Crippen LogP contribution < -0.4 is 0 Å². The van der Waals surface area contributed by atoms with Crippen molar-refractivity contribution in [2.45, 2.75) is 63.7 Å². The second-order valence-electron chi connectivity index (χ2n) is 8.29. The van der Waals surface area contributed by atoms with Gasteiger partial charge in [0.25, 0.3) is 0 Å². The van der Waals surface area contributed by atoms with Gasteiger partial charge in [0, 0.05) is 5.56 Å². The van der Waals surface area contributed by atoms with Crippen molar-refractivity contribution >= 4 is 0 Å². The fourth-order valence-corrected chi connectivity index (χ4v) is 4.85. The third kappa shape index (κ3) is 3.51. The van der Waals surface area contributed by atoms with Crippen LogP contribution in [0.5, 0.6) is 0 Å². The molecule has 27 heavy (non-hydrogen) atoms. The zero-order valence-corrected chi connectivity index (χ0v) is 15.5. The maximum absolute atomic E-state index is 14.9. The first-order valence-corrected chi connectivity index (χ1v) is 9.88. The summed E-state index contributed by atoms with van der Waals surface area (Å²) in [6.45, 7) is 2.22. The SMILES string of the molecule is CC1CCC(c2cc(F)c(C3CCc4c(ccc(F)c4F)C3)c(F)c2)CC1. The molecule has 2 aliphatic rings. The van der Waals surface area contributed by atoms with E-state index in [1.54, 1.807) is 0 Å². The van der Waals surface area contributed by atoms with E-state index in [1.165, 1.54) is 18.2 Å². The molecule has 2 aliphatic carbocycles. The van der Waals surface area contributed by atoms with Gasteiger partial charge in [0.15, 0.2) is 11.6 Å². The van der Waals surface area contributed by atoms with E-state index in [1.807, 2.05) is 0 Å². The standard InChI is InChI=1S/C23H24F4/c1-13-2-4-14(5-3-13)17-11-20(25)22(21(26)12-17)16-6-8-18-15(10-16)7-9-19(24)23(18)27/h7,9,11-14,16H,2-6,8,10H2,1H3. The number of hydrogen-bond donors (Lipinski definition) is 0. The molecule has 2 aromatic rings. The Morgan fingerprint density at radius 2 is 1.44 bits per heavy atom. The van der Waals surface area contributed by atoms with E-state index in [4.69, 9.17) is 0 Å². The van der Waals surface area contributed by atoms with Crippen LogP contribution in [0.15, 0.2) is 24.3 Å². The highest BCUT2D eigenvalue weighted by atomic mass is 19.2. The van der Waals surface area contributed by atoms with Crippen LogP contribution in [0.1, 0.15) is 73.1 Å². The van der Waals surface area contributed by atoms with Crippen molar-refractivity contribution in [3.05, 3.63) is 69.8 Å². The monoisotopic (exact) mass is 376 g/mol.